The Labute approximate surface area is 114 Å². The molecule has 0 aliphatic carbocycles. The zero-order chi connectivity index (χ0) is 13.8. The second-order valence-electron chi connectivity index (χ2n) is 4.24. The summed E-state index contributed by atoms with van der Waals surface area (Å²) in [6.07, 6.45) is 0.355. The van der Waals surface area contributed by atoms with E-state index in [1.807, 2.05) is 0 Å². The number of halogens is 3. The summed E-state index contributed by atoms with van der Waals surface area (Å²) in [4.78, 5) is 11.5. The van der Waals surface area contributed by atoms with Crippen LogP contribution in [0.15, 0.2) is 48.5 Å². The Morgan fingerprint density at radius 1 is 0.947 bits per heavy atom. The van der Waals surface area contributed by atoms with Crippen LogP contribution in [-0.4, -0.2) is 5.24 Å². The first-order chi connectivity index (χ1) is 9.06. The largest absolute Gasteiger partial charge is 0.281 e. The predicted molar refractivity (Wildman–Crippen MR) is 70.1 cm³/mol. The zero-order valence-corrected chi connectivity index (χ0v) is 10.7. The molecule has 19 heavy (non-hydrogen) atoms. The van der Waals surface area contributed by atoms with E-state index >= 15 is 0 Å². The maximum Gasteiger partial charge on any atom is 0.229 e. The van der Waals surface area contributed by atoms with Crippen molar-refractivity contribution in [1.82, 2.24) is 0 Å². The van der Waals surface area contributed by atoms with Gasteiger partial charge >= 0.3 is 0 Å². The van der Waals surface area contributed by atoms with Crippen LogP contribution in [0, 0.1) is 11.6 Å². The lowest BCUT2D eigenvalue weighted by Crippen LogP contribution is -2.10. The van der Waals surface area contributed by atoms with Gasteiger partial charge in [-0.05, 0) is 53.4 Å². The van der Waals surface area contributed by atoms with Gasteiger partial charge < -0.3 is 0 Å². The van der Waals surface area contributed by atoms with Gasteiger partial charge in [-0.3, -0.25) is 4.79 Å². The average Bonchev–Trinajstić information content (AvgIpc) is 2.39. The van der Waals surface area contributed by atoms with Gasteiger partial charge in [0.15, 0.2) is 0 Å². The van der Waals surface area contributed by atoms with Gasteiger partial charge in [-0.2, -0.15) is 0 Å². The third-order valence-corrected chi connectivity index (χ3v) is 3.16. The van der Waals surface area contributed by atoms with Crippen LogP contribution < -0.4 is 0 Å². The van der Waals surface area contributed by atoms with Crippen LogP contribution in [0.1, 0.15) is 17.0 Å². The molecule has 0 unspecified atom stereocenters. The number of benzene rings is 2. The summed E-state index contributed by atoms with van der Waals surface area (Å²) in [7, 11) is 0. The maximum absolute atomic E-state index is 12.9. The molecule has 0 aliphatic rings. The Hall–Kier alpha value is -1.74. The summed E-state index contributed by atoms with van der Waals surface area (Å²) >= 11 is 5.59. The minimum Gasteiger partial charge on any atom is -0.281 e. The molecule has 1 atom stereocenters. The molecule has 0 fully saturated rings. The van der Waals surface area contributed by atoms with Gasteiger partial charge in [0.1, 0.15) is 11.6 Å². The summed E-state index contributed by atoms with van der Waals surface area (Å²) in [5.74, 6) is -1.27. The van der Waals surface area contributed by atoms with Gasteiger partial charge in [0.05, 0.1) is 5.92 Å². The van der Waals surface area contributed by atoms with Crippen LogP contribution in [0.25, 0.3) is 0 Å². The molecule has 0 saturated heterocycles. The first-order valence-electron chi connectivity index (χ1n) is 5.75. The lowest BCUT2D eigenvalue weighted by Gasteiger charge is -2.13. The molecule has 1 nitrogen and oxygen atoms in total. The van der Waals surface area contributed by atoms with E-state index in [1.54, 1.807) is 12.1 Å². The SMILES string of the molecule is O=C(Cl)[C@H](Cc1ccc(F)cc1)c1ccc(F)cc1. The van der Waals surface area contributed by atoms with E-state index in [0.717, 1.165) is 5.56 Å². The van der Waals surface area contributed by atoms with Crippen molar-refractivity contribution in [3.8, 4) is 0 Å². The van der Waals surface area contributed by atoms with Crippen molar-refractivity contribution in [2.75, 3.05) is 0 Å². The molecule has 0 heterocycles. The Morgan fingerprint density at radius 3 is 1.89 bits per heavy atom. The minimum atomic E-state index is -0.562. The molecule has 0 amide bonds. The Kier molecular flexibility index (Phi) is 4.27. The van der Waals surface area contributed by atoms with Crippen LogP contribution in [0.4, 0.5) is 8.78 Å². The second-order valence-corrected chi connectivity index (χ2v) is 4.61. The number of hydrogen-bond acceptors (Lipinski definition) is 1. The van der Waals surface area contributed by atoms with Crippen LogP contribution in [-0.2, 0) is 11.2 Å². The van der Waals surface area contributed by atoms with Crippen molar-refractivity contribution in [2.24, 2.45) is 0 Å². The van der Waals surface area contributed by atoms with Crippen LogP contribution in [0.2, 0.25) is 0 Å². The van der Waals surface area contributed by atoms with Crippen LogP contribution in [0.3, 0.4) is 0 Å². The molecule has 0 saturated carbocycles. The fourth-order valence-corrected chi connectivity index (χ4v) is 2.08. The summed E-state index contributed by atoms with van der Waals surface area (Å²) in [6, 6.07) is 11.5. The fourth-order valence-electron chi connectivity index (χ4n) is 1.88. The van der Waals surface area contributed by atoms with E-state index in [2.05, 4.69) is 0 Å². The lowest BCUT2D eigenvalue weighted by atomic mass is 9.93. The van der Waals surface area contributed by atoms with E-state index in [-0.39, 0.29) is 11.6 Å². The second kappa shape index (κ2) is 5.93. The van der Waals surface area contributed by atoms with E-state index in [1.165, 1.54) is 36.4 Å². The topological polar surface area (TPSA) is 17.1 Å². The van der Waals surface area contributed by atoms with Gasteiger partial charge in [0, 0.05) is 0 Å². The molecule has 0 spiro atoms. The summed E-state index contributed by atoms with van der Waals surface area (Å²) < 4.78 is 25.7. The lowest BCUT2D eigenvalue weighted by molar-refractivity contribution is -0.113. The molecule has 98 valence electrons. The van der Waals surface area contributed by atoms with Crippen molar-refractivity contribution in [2.45, 2.75) is 12.3 Å². The zero-order valence-electron chi connectivity index (χ0n) is 9.95. The molecular formula is C15H11ClF2O. The third kappa shape index (κ3) is 3.61. The number of carbonyl (C=O) groups is 1. The average molecular weight is 281 g/mol. The fraction of sp³-hybridized carbons (Fsp3) is 0.133. The molecule has 2 rings (SSSR count). The van der Waals surface area contributed by atoms with Crippen molar-refractivity contribution in [3.05, 3.63) is 71.3 Å². The van der Waals surface area contributed by atoms with Crippen LogP contribution >= 0.6 is 11.6 Å². The van der Waals surface area contributed by atoms with Crippen LogP contribution in [0.5, 0.6) is 0 Å². The van der Waals surface area contributed by atoms with E-state index in [9.17, 15) is 13.6 Å². The van der Waals surface area contributed by atoms with Crippen molar-refractivity contribution >= 4 is 16.8 Å². The molecule has 0 radical (unpaired) electrons. The van der Waals surface area contributed by atoms with Gasteiger partial charge in [-0.25, -0.2) is 8.78 Å². The van der Waals surface area contributed by atoms with Crippen molar-refractivity contribution < 1.29 is 13.6 Å². The normalized spacial score (nSPS) is 12.2. The Balaban J connectivity index is 2.23. The molecule has 0 bridgehead atoms. The summed E-state index contributed by atoms with van der Waals surface area (Å²) in [6.45, 7) is 0. The summed E-state index contributed by atoms with van der Waals surface area (Å²) in [5, 5.41) is -0.518. The molecule has 2 aromatic rings. The smallest absolute Gasteiger partial charge is 0.229 e. The molecule has 4 heteroatoms. The number of hydrogen-bond donors (Lipinski definition) is 0. The van der Waals surface area contributed by atoms with Gasteiger partial charge in [-0.15, -0.1) is 0 Å². The highest BCUT2D eigenvalue weighted by Crippen LogP contribution is 2.24. The van der Waals surface area contributed by atoms with E-state index in [4.69, 9.17) is 11.6 Å². The standard InChI is InChI=1S/C15H11ClF2O/c16-15(19)14(11-3-7-13(18)8-4-11)9-10-1-5-12(17)6-2-10/h1-8,14H,9H2/t14-/m1/s1. The molecule has 0 aromatic heterocycles. The predicted octanol–water partition coefficient (Wildman–Crippen LogP) is 4.06. The highest BCUT2D eigenvalue weighted by atomic mass is 35.5. The highest BCUT2D eigenvalue weighted by Gasteiger charge is 2.19. The number of rotatable bonds is 4. The monoisotopic (exact) mass is 280 g/mol. The van der Waals surface area contributed by atoms with Crippen molar-refractivity contribution in [1.29, 1.82) is 0 Å². The summed E-state index contributed by atoms with van der Waals surface area (Å²) in [5.41, 5.74) is 1.44. The molecule has 0 N–H and O–H groups in total. The van der Waals surface area contributed by atoms with Gasteiger partial charge in [0.25, 0.3) is 0 Å². The third-order valence-electron chi connectivity index (χ3n) is 2.90. The highest BCUT2D eigenvalue weighted by molar-refractivity contribution is 6.64. The Morgan fingerprint density at radius 2 is 1.42 bits per heavy atom. The minimum absolute atomic E-state index is 0.334. The molecule has 0 aliphatic heterocycles. The number of carbonyl (C=O) groups excluding carboxylic acids is 1. The quantitative estimate of drug-likeness (QED) is 0.772. The first-order valence-corrected chi connectivity index (χ1v) is 6.13. The molecule has 2 aromatic carbocycles. The maximum atomic E-state index is 12.9. The van der Waals surface area contributed by atoms with E-state index < -0.39 is 11.2 Å². The van der Waals surface area contributed by atoms with E-state index in [0.29, 0.717) is 12.0 Å². The Bertz CT molecular complexity index is 564. The van der Waals surface area contributed by atoms with Crippen molar-refractivity contribution in [3.63, 3.8) is 0 Å². The molecular weight excluding hydrogens is 270 g/mol. The van der Waals surface area contributed by atoms with Gasteiger partial charge in [-0.1, -0.05) is 24.3 Å². The van der Waals surface area contributed by atoms with Gasteiger partial charge in [0.2, 0.25) is 5.24 Å². The first kappa shape index (κ1) is 13.7.